The number of nitrogens with one attached hydrogen (secondary N) is 1. The van der Waals surface area contributed by atoms with Gasteiger partial charge in [0.25, 0.3) is 0 Å². The minimum atomic E-state index is 0.457. The second kappa shape index (κ2) is 7.79. The largest absolute Gasteiger partial charge is 0.497 e. The van der Waals surface area contributed by atoms with Gasteiger partial charge in [0, 0.05) is 30.4 Å². The van der Waals surface area contributed by atoms with E-state index in [9.17, 15) is 0 Å². The van der Waals surface area contributed by atoms with Crippen molar-refractivity contribution in [1.82, 2.24) is 10.3 Å². The van der Waals surface area contributed by atoms with Crippen LogP contribution in [0.3, 0.4) is 0 Å². The first kappa shape index (κ1) is 15.5. The highest BCUT2D eigenvalue weighted by atomic mass is 16.5. The highest BCUT2D eigenvalue weighted by molar-refractivity contribution is 5.26. The SMILES string of the molecule is COc1cc(C)nc(CNC(C)CCc2ccccc2)c1. The van der Waals surface area contributed by atoms with E-state index >= 15 is 0 Å². The third-order valence-electron chi connectivity index (χ3n) is 3.56. The van der Waals surface area contributed by atoms with Crippen LogP contribution < -0.4 is 10.1 Å². The molecule has 0 radical (unpaired) electrons. The van der Waals surface area contributed by atoms with Gasteiger partial charge in [-0.25, -0.2) is 0 Å². The summed E-state index contributed by atoms with van der Waals surface area (Å²) in [4.78, 5) is 4.53. The van der Waals surface area contributed by atoms with Crippen molar-refractivity contribution >= 4 is 0 Å². The van der Waals surface area contributed by atoms with E-state index in [1.54, 1.807) is 7.11 Å². The molecule has 2 rings (SSSR count). The number of aromatic nitrogens is 1. The molecule has 1 heterocycles. The Labute approximate surface area is 127 Å². The summed E-state index contributed by atoms with van der Waals surface area (Å²) in [5, 5.41) is 3.53. The molecule has 0 aliphatic carbocycles. The van der Waals surface area contributed by atoms with Gasteiger partial charge in [-0.3, -0.25) is 4.98 Å². The molecular formula is C18H24N2O. The summed E-state index contributed by atoms with van der Waals surface area (Å²) in [7, 11) is 1.69. The summed E-state index contributed by atoms with van der Waals surface area (Å²) in [6, 6.07) is 15.0. The number of hydrogen-bond donors (Lipinski definition) is 1. The van der Waals surface area contributed by atoms with Crippen molar-refractivity contribution in [2.24, 2.45) is 0 Å². The summed E-state index contributed by atoms with van der Waals surface area (Å²) in [5.74, 6) is 0.872. The van der Waals surface area contributed by atoms with Crippen LogP contribution in [0.15, 0.2) is 42.5 Å². The van der Waals surface area contributed by atoms with Crippen LogP contribution in [0.25, 0.3) is 0 Å². The number of nitrogens with zero attached hydrogens (tertiary/aromatic N) is 1. The maximum absolute atomic E-state index is 5.28. The zero-order valence-electron chi connectivity index (χ0n) is 13.1. The molecule has 0 fully saturated rings. The van der Waals surface area contributed by atoms with Crippen molar-refractivity contribution in [3.05, 3.63) is 59.4 Å². The number of benzene rings is 1. The molecule has 1 unspecified atom stereocenters. The standard InChI is InChI=1S/C18H24N2O/c1-14(9-10-16-7-5-4-6-8-16)19-13-17-12-18(21-3)11-15(2)20-17/h4-8,11-12,14,19H,9-10,13H2,1-3H3. The van der Waals surface area contributed by atoms with Crippen LogP contribution in [0.5, 0.6) is 5.75 Å². The van der Waals surface area contributed by atoms with Gasteiger partial charge in [0.05, 0.1) is 12.8 Å². The predicted octanol–water partition coefficient (Wildman–Crippen LogP) is 3.51. The van der Waals surface area contributed by atoms with E-state index in [1.807, 2.05) is 19.1 Å². The van der Waals surface area contributed by atoms with Crippen LogP contribution in [0.1, 0.15) is 30.3 Å². The van der Waals surface area contributed by atoms with Gasteiger partial charge in [0.1, 0.15) is 5.75 Å². The molecule has 2 aromatic rings. The fourth-order valence-corrected chi connectivity index (χ4v) is 2.32. The van der Waals surface area contributed by atoms with Crippen LogP contribution >= 0.6 is 0 Å². The third-order valence-corrected chi connectivity index (χ3v) is 3.56. The fourth-order valence-electron chi connectivity index (χ4n) is 2.32. The summed E-state index contributed by atoms with van der Waals surface area (Å²) in [6.45, 7) is 4.98. The number of hydrogen-bond acceptors (Lipinski definition) is 3. The number of aryl methyl sites for hydroxylation is 2. The molecule has 0 saturated carbocycles. The molecule has 0 aliphatic heterocycles. The molecule has 0 saturated heterocycles. The molecule has 3 nitrogen and oxygen atoms in total. The van der Waals surface area contributed by atoms with Crippen LogP contribution in [0.4, 0.5) is 0 Å². The Bertz CT molecular complexity index is 554. The van der Waals surface area contributed by atoms with Crippen LogP contribution in [0.2, 0.25) is 0 Å². The number of methoxy groups -OCH3 is 1. The van der Waals surface area contributed by atoms with E-state index in [1.165, 1.54) is 5.56 Å². The summed E-state index contributed by atoms with van der Waals surface area (Å²) >= 11 is 0. The molecule has 1 aromatic heterocycles. The van der Waals surface area contributed by atoms with Crippen molar-refractivity contribution in [2.45, 2.75) is 39.3 Å². The lowest BCUT2D eigenvalue weighted by molar-refractivity contribution is 0.412. The molecule has 0 spiro atoms. The Kier molecular flexibility index (Phi) is 5.76. The van der Waals surface area contributed by atoms with E-state index in [2.05, 4.69) is 47.6 Å². The molecule has 0 bridgehead atoms. The second-order valence-corrected chi connectivity index (χ2v) is 5.45. The molecule has 3 heteroatoms. The van der Waals surface area contributed by atoms with Crippen LogP contribution in [-0.2, 0) is 13.0 Å². The first-order chi connectivity index (χ1) is 10.2. The van der Waals surface area contributed by atoms with E-state index in [4.69, 9.17) is 4.74 Å². The van der Waals surface area contributed by atoms with Gasteiger partial charge in [-0.1, -0.05) is 30.3 Å². The van der Waals surface area contributed by atoms with Gasteiger partial charge in [-0.2, -0.15) is 0 Å². The highest BCUT2D eigenvalue weighted by Gasteiger charge is 2.05. The average molecular weight is 284 g/mol. The molecular weight excluding hydrogens is 260 g/mol. The van der Waals surface area contributed by atoms with Gasteiger partial charge >= 0.3 is 0 Å². The van der Waals surface area contributed by atoms with Crippen molar-refractivity contribution < 1.29 is 4.74 Å². The molecule has 1 aromatic carbocycles. The lowest BCUT2D eigenvalue weighted by Gasteiger charge is -2.14. The van der Waals surface area contributed by atoms with E-state index < -0.39 is 0 Å². The lowest BCUT2D eigenvalue weighted by atomic mass is 10.1. The monoisotopic (exact) mass is 284 g/mol. The Hall–Kier alpha value is -1.87. The Morgan fingerprint density at radius 1 is 1.19 bits per heavy atom. The van der Waals surface area contributed by atoms with Gasteiger partial charge < -0.3 is 10.1 Å². The first-order valence-corrected chi connectivity index (χ1v) is 7.46. The Morgan fingerprint density at radius 2 is 1.95 bits per heavy atom. The van der Waals surface area contributed by atoms with Crippen LogP contribution in [-0.4, -0.2) is 18.1 Å². The normalized spacial score (nSPS) is 12.1. The smallest absolute Gasteiger partial charge is 0.122 e. The predicted molar refractivity (Wildman–Crippen MR) is 86.6 cm³/mol. The molecule has 1 N–H and O–H groups in total. The van der Waals surface area contributed by atoms with Gasteiger partial charge in [-0.05, 0) is 32.3 Å². The van der Waals surface area contributed by atoms with Crippen molar-refractivity contribution in [3.8, 4) is 5.75 Å². The van der Waals surface area contributed by atoms with Crippen molar-refractivity contribution in [2.75, 3.05) is 7.11 Å². The van der Waals surface area contributed by atoms with E-state index in [-0.39, 0.29) is 0 Å². The average Bonchev–Trinajstić information content (AvgIpc) is 2.51. The summed E-state index contributed by atoms with van der Waals surface area (Å²) in [6.07, 6.45) is 2.21. The quantitative estimate of drug-likeness (QED) is 0.845. The topological polar surface area (TPSA) is 34.1 Å². The van der Waals surface area contributed by atoms with Gasteiger partial charge in [0.15, 0.2) is 0 Å². The third kappa shape index (κ3) is 5.20. The van der Waals surface area contributed by atoms with E-state index in [0.29, 0.717) is 6.04 Å². The minimum absolute atomic E-state index is 0.457. The van der Waals surface area contributed by atoms with Gasteiger partial charge in [-0.15, -0.1) is 0 Å². The van der Waals surface area contributed by atoms with Crippen molar-refractivity contribution in [3.63, 3.8) is 0 Å². The molecule has 112 valence electrons. The maximum atomic E-state index is 5.28. The molecule has 21 heavy (non-hydrogen) atoms. The molecule has 0 amide bonds. The number of pyridine rings is 1. The van der Waals surface area contributed by atoms with Gasteiger partial charge in [0.2, 0.25) is 0 Å². The first-order valence-electron chi connectivity index (χ1n) is 7.46. The summed E-state index contributed by atoms with van der Waals surface area (Å²) < 4.78 is 5.28. The van der Waals surface area contributed by atoms with E-state index in [0.717, 1.165) is 36.5 Å². The highest BCUT2D eigenvalue weighted by Crippen LogP contribution is 2.13. The second-order valence-electron chi connectivity index (χ2n) is 5.45. The molecule has 0 aliphatic rings. The molecule has 1 atom stereocenters. The van der Waals surface area contributed by atoms with Crippen LogP contribution in [0, 0.1) is 6.92 Å². The lowest BCUT2D eigenvalue weighted by Crippen LogP contribution is -2.26. The maximum Gasteiger partial charge on any atom is 0.122 e. The van der Waals surface area contributed by atoms with Crippen molar-refractivity contribution in [1.29, 1.82) is 0 Å². The zero-order valence-corrected chi connectivity index (χ0v) is 13.1. The fraction of sp³-hybridized carbons (Fsp3) is 0.389. The minimum Gasteiger partial charge on any atom is -0.497 e. The number of rotatable bonds is 7. The number of ether oxygens (including phenoxy) is 1. The Morgan fingerprint density at radius 3 is 2.67 bits per heavy atom. The summed E-state index contributed by atoms with van der Waals surface area (Å²) in [5.41, 5.74) is 3.41. The zero-order chi connectivity index (χ0) is 15.1. The Balaban J connectivity index is 1.81.